The Balaban J connectivity index is 2.15. The summed E-state index contributed by atoms with van der Waals surface area (Å²) >= 11 is 0. The van der Waals surface area contributed by atoms with Gasteiger partial charge in [-0.25, -0.2) is 0 Å². The normalized spacial score (nSPS) is 10.6. The monoisotopic (exact) mass is 320 g/mol. The minimum Gasteiger partial charge on any atom is -0.382 e. The van der Waals surface area contributed by atoms with Crippen LogP contribution in [0.25, 0.3) is 0 Å². The molecule has 0 spiro atoms. The van der Waals surface area contributed by atoms with Crippen LogP contribution >= 0.6 is 0 Å². The topological polar surface area (TPSA) is 127 Å². The van der Waals surface area contributed by atoms with Crippen molar-refractivity contribution in [3.8, 4) is 6.07 Å². The molecule has 0 heterocycles. The van der Waals surface area contributed by atoms with Crippen LogP contribution < -0.4 is 16.5 Å². The van der Waals surface area contributed by atoms with E-state index in [1.165, 1.54) is 0 Å². The summed E-state index contributed by atoms with van der Waals surface area (Å²) in [7, 11) is 0. The lowest BCUT2D eigenvalue weighted by Gasteiger charge is -2.09. The summed E-state index contributed by atoms with van der Waals surface area (Å²) in [6.07, 6.45) is 0. The zero-order valence-electron chi connectivity index (χ0n) is 13.0. The van der Waals surface area contributed by atoms with E-state index in [-0.39, 0.29) is 11.6 Å². The molecule has 7 nitrogen and oxygen atoms in total. The molecule has 24 heavy (non-hydrogen) atoms. The number of carbonyl (C=O) groups is 1. The minimum absolute atomic E-state index is 0.232. The van der Waals surface area contributed by atoms with Crippen molar-refractivity contribution in [1.29, 1.82) is 10.7 Å². The number of amidine groups is 1. The van der Waals surface area contributed by atoms with Gasteiger partial charge >= 0.3 is 0 Å². The average molecular weight is 320 g/mol. The molecule has 2 rings (SSSR count). The van der Waals surface area contributed by atoms with Gasteiger partial charge in [0.05, 0.1) is 5.69 Å². The van der Waals surface area contributed by atoms with Crippen molar-refractivity contribution >= 4 is 28.8 Å². The van der Waals surface area contributed by atoms with Gasteiger partial charge in [0, 0.05) is 11.3 Å². The molecule has 2 aromatic carbocycles. The van der Waals surface area contributed by atoms with E-state index in [1.807, 2.05) is 31.2 Å². The van der Waals surface area contributed by atoms with Gasteiger partial charge in [0.15, 0.2) is 5.84 Å². The Bertz CT molecular complexity index is 850. The number of hydrogen-bond acceptors (Lipinski definition) is 5. The fourth-order valence-corrected chi connectivity index (χ4v) is 1.90. The number of nitriles is 1. The molecule has 0 aliphatic heterocycles. The number of amides is 1. The number of benzene rings is 2. The lowest BCUT2D eigenvalue weighted by atomic mass is 10.1. The molecule has 0 bridgehead atoms. The van der Waals surface area contributed by atoms with Crippen molar-refractivity contribution in [3.63, 3.8) is 0 Å². The van der Waals surface area contributed by atoms with E-state index in [9.17, 15) is 4.79 Å². The summed E-state index contributed by atoms with van der Waals surface area (Å²) in [5, 5.41) is 22.6. The molecule has 0 saturated carbocycles. The van der Waals surface area contributed by atoms with Crippen LogP contribution in [-0.4, -0.2) is 17.5 Å². The molecule has 5 N–H and O–H groups in total. The van der Waals surface area contributed by atoms with Crippen LogP contribution in [0.2, 0.25) is 0 Å². The van der Waals surface area contributed by atoms with Crippen LogP contribution in [0.1, 0.15) is 15.9 Å². The predicted octanol–water partition coefficient (Wildman–Crippen LogP) is 2.47. The number of nitrogens with one attached hydrogen (secondary N) is 3. The molecular weight excluding hydrogens is 304 g/mol. The maximum atomic E-state index is 12.3. The molecular formula is C17H16N6O. The van der Waals surface area contributed by atoms with Crippen LogP contribution in [0.4, 0.5) is 11.4 Å². The number of anilines is 2. The highest BCUT2D eigenvalue weighted by molar-refractivity contribution is 6.45. The molecule has 0 aromatic heterocycles. The summed E-state index contributed by atoms with van der Waals surface area (Å²) in [4.78, 5) is 12.3. The molecule has 0 saturated heterocycles. The molecule has 2 aromatic rings. The Morgan fingerprint density at radius 1 is 1.25 bits per heavy atom. The van der Waals surface area contributed by atoms with Gasteiger partial charge in [-0.2, -0.15) is 10.4 Å². The Hall–Kier alpha value is -3.66. The van der Waals surface area contributed by atoms with E-state index in [4.69, 9.17) is 16.4 Å². The van der Waals surface area contributed by atoms with Crippen LogP contribution in [-0.2, 0) is 0 Å². The summed E-state index contributed by atoms with van der Waals surface area (Å²) < 4.78 is 0. The van der Waals surface area contributed by atoms with Gasteiger partial charge < -0.3 is 11.1 Å². The zero-order valence-corrected chi connectivity index (χ0v) is 13.0. The molecule has 0 fully saturated rings. The first-order valence-corrected chi connectivity index (χ1v) is 7.06. The average Bonchev–Trinajstić information content (AvgIpc) is 2.57. The molecule has 0 aliphatic carbocycles. The number of hydrogen-bond donors (Lipinski definition) is 4. The Kier molecular flexibility index (Phi) is 5.26. The highest BCUT2D eigenvalue weighted by Gasteiger charge is 2.08. The number of nitrogens with two attached hydrogens (primary N) is 1. The highest BCUT2D eigenvalue weighted by Crippen LogP contribution is 2.16. The first kappa shape index (κ1) is 16.7. The first-order chi connectivity index (χ1) is 11.5. The molecule has 120 valence electrons. The number of rotatable bonds is 5. The number of hydrazone groups is 1. The second kappa shape index (κ2) is 7.56. The summed E-state index contributed by atoms with van der Waals surface area (Å²) in [5.74, 6) is -0.692. The maximum Gasteiger partial charge on any atom is 0.255 e. The van der Waals surface area contributed by atoms with Crippen LogP contribution in [0.3, 0.4) is 0 Å². The Labute approximate surface area is 139 Å². The third-order valence-electron chi connectivity index (χ3n) is 3.18. The molecule has 1 amide bonds. The van der Waals surface area contributed by atoms with Gasteiger partial charge in [-0.3, -0.25) is 15.6 Å². The third-order valence-corrected chi connectivity index (χ3v) is 3.18. The minimum atomic E-state index is -0.432. The molecule has 0 radical (unpaired) electrons. The molecule has 0 unspecified atom stereocenters. The van der Waals surface area contributed by atoms with E-state index in [0.717, 1.165) is 11.3 Å². The van der Waals surface area contributed by atoms with Gasteiger partial charge in [0.25, 0.3) is 5.91 Å². The van der Waals surface area contributed by atoms with Gasteiger partial charge in [0.1, 0.15) is 6.07 Å². The quantitative estimate of drug-likeness (QED) is 0.383. The first-order valence-electron chi connectivity index (χ1n) is 7.06. The van der Waals surface area contributed by atoms with Gasteiger partial charge in [-0.1, -0.05) is 24.3 Å². The standard InChI is InChI=1S/C17H16N6O/c1-11-5-2-3-8-14(11)21-17(24)12-6-4-7-13(9-12)22-23-15(10-18)16(19)20/h2-9,22H,1H3,(H3,19,20)(H,21,24)/b23-15+. The molecule has 0 atom stereocenters. The summed E-state index contributed by atoms with van der Waals surface area (Å²) in [5.41, 5.74) is 10.2. The lowest BCUT2D eigenvalue weighted by molar-refractivity contribution is 0.102. The molecule has 7 heteroatoms. The fourth-order valence-electron chi connectivity index (χ4n) is 1.90. The van der Waals surface area contributed by atoms with E-state index in [2.05, 4.69) is 15.8 Å². The van der Waals surface area contributed by atoms with Gasteiger partial charge in [0.2, 0.25) is 5.71 Å². The van der Waals surface area contributed by atoms with Gasteiger partial charge in [-0.15, -0.1) is 0 Å². The predicted molar refractivity (Wildman–Crippen MR) is 94.2 cm³/mol. The highest BCUT2D eigenvalue weighted by atomic mass is 16.1. The second-order valence-corrected chi connectivity index (χ2v) is 4.95. The van der Waals surface area contributed by atoms with Crippen molar-refractivity contribution < 1.29 is 4.79 Å². The Morgan fingerprint density at radius 3 is 2.67 bits per heavy atom. The van der Waals surface area contributed by atoms with Crippen molar-refractivity contribution in [1.82, 2.24) is 0 Å². The molecule has 0 aliphatic rings. The van der Waals surface area contributed by atoms with E-state index in [0.29, 0.717) is 11.3 Å². The fraction of sp³-hybridized carbons (Fsp3) is 0.0588. The van der Waals surface area contributed by atoms with Crippen LogP contribution in [0.15, 0.2) is 53.6 Å². The van der Waals surface area contributed by atoms with Crippen molar-refractivity contribution in [2.45, 2.75) is 6.92 Å². The lowest BCUT2D eigenvalue weighted by Crippen LogP contribution is -2.21. The van der Waals surface area contributed by atoms with E-state index >= 15 is 0 Å². The van der Waals surface area contributed by atoms with Crippen LogP contribution in [0, 0.1) is 23.7 Å². The smallest absolute Gasteiger partial charge is 0.255 e. The number of para-hydroxylation sites is 1. The second-order valence-electron chi connectivity index (χ2n) is 4.95. The summed E-state index contributed by atoms with van der Waals surface area (Å²) in [6, 6.07) is 15.8. The van der Waals surface area contributed by atoms with Gasteiger partial charge in [-0.05, 0) is 36.8 Å². The van der Waals surface area contributed by atoms with Crippen molar-refractivity contribution in [3.05, 3.63) is 59.7 Å². The number of nitrogens with zero attached hydrogens (tertiary/aromatic N) is 2. The number of aryl methyl sites for hydroxylation is 1. The van der Waals surface area contributed by atoms with E-state index < -0.39 is 5.84 Å². The van der Waals surface area contributed by atoms with E-state index in [1.54, 1.807) is 30.3 Å². The Morgan fingerprint density at radius 2 is 2.00 bits per heavy atom. The zero-order chi connectivity index (χ0) is 17.5. The maximum absolute atomic E-state index is 12.3. The largest absolute Gasteiger partial charge is 0.382 e. The summed E-state index contributed by atoms with van der Waals surface area (Å²) in [6.45, 7) is 1.91. The van der Waals surface area contributed by atoms with Crippen molar-refractivity contribution in [2.24, 2.45) is 10.8 Å². The number of carbonyl (C=O) groups excluding carboxylic acids is 1. The van der Waals surface area contributed by atoms with Crippen LogP contribution in [0.5, 0.6) is 0 Å². The van der Waals surface area contributed by atoms with Crippen molar-refractivity contribution in [2.75, 3.05) is 10.7 Å². The SMILES string of the molecule is Cc1ccccc1NC(=O)c1cccc(N/N=C(\C#N)C(=N)N)c1. The third kappa shape index (κ3) is 4.18.